The van der Waals surface area contributed by atoms with Gasteiger partial charge in [0.1, 0.15) is 0 Å². The summed E-state index contributed by atoms with van der Waals surface area (Å²) < 4.78 is 36.6. The molecule has 2 aromatic rings. The van der Waals surface area contributed by atoms with Crippen molar-refractivity contribution < 1.29 is 23.1 Å². The Morgan fingerprint density at radius 1 is 1.05 bits per heavy atom. The number of aryl methyl sites for hydroxylation is 1. The summed E-state index contributed by atoms with van der Waals surface area (Å²) in [6.07, 6.45) is 1.20. The normalized spacial score (nSPS) is 20.3. The number of nitrogens with one attached hydrogen (secondary N) is 1. The summed E-state index contributed by atoms with van der Waals surface area (Å²) in [7, 11) is 0. The molecule has 210 valence electrons. The minimum atomic E-state index is -2.78. The lowest BCUT2D eigenvalue weighted by Crippen LogP contribution is -2.46. The van der Waals surface area contributed by atoms with Gasteiger partial charge in [0.2, 0.25) is 5.91 Å². The number of halogens is 2. The first-order valence-electron chi connectivity index (χ1n) is 14.1. The number of anilines is 2. The quantitative estimate of drug-likeness (QED) is 0.639. The Bertz CT molecular complexity index is 1250. The minimum absolute atomic E-state index is 0.0144. The smallest absolute Gasteiger partial charge is 0.264 e. The van der Waals surface area contributed by atoms with E-state index in [1.165, 1.54) is 6.07 Å². The van der Waals surface area contributed by atoms with Crippen LogP contribution < -0.4 is 10.2 Å². The predicted octanol–water partition coefficient (Wildman–Crippen LogP) is 3.21. The minimum Gasteiger partial charge on any atom is -0.381 e. The fourth-order valence-electron chi connectivity index (χ4n) is 6.42. The Morgan fingerprint density at radius 3 is 2.54 bits per heavy atom. The standard InChI is InChI=1S/C28H36F2N6O3/c1-18(37)34-10-4-24-23(17-34)27(32-36(24)20-5-13-39-14-6-20)35-9-2-3-19-15-22(21(26(29)30)16-25(19)35)28(38)33-11-7-31-8-12-33/h15-16,20,26,31H,2-14,17H2,1H3. The van der Waals surface area contributed by atoms with Crippen LogP contribution in [0.2, 0.25) is 0 Å². The van der Waals surface area contributed by atoms with Crippen molar-refractivity contribution in [2.75, 3.05) is 57.4 Å². The maximum absolute atomic E-state index is 14.4. The summed E-state index contributed by atoms with van der Waals surface area (Å²) in [5, 5.41) is 8.32. The van der Waals surface area contributed by atoms with E-state index < -0.39 is 6.43 Å². The van der Waals surface area contributed by atoms with Gasteiger partial charge in [0.25, 0.3) is 12.3 Å². The van der Waals surface area contributed by atoms with Crippen molar-refractivity contribution in [3.8, 4) is 0 Å². The predicted molar refractivity (Wildman–Crippen MR) is 142 cm³/mol. The highest BCUT2D eigenvalue weighted by Crippen LogP contribution is 2.42. The zero-order chi connectivity index (χ0) is 27.1. The molecule has 1 aromatic heterocycles. The van der Waals surface area contributed by atoms with Gasteiger partial charge in [0.05, 0.1) is 12.6 Å². The van der Waals surface area contributed by atoms with Crippen molar-refractivity contribution >= 4 is 23.3 Å². The van der Waals surface area contributed by atoms with Gasteiger partial charge in [-0.2, -0.15) is 5.10 Å². The molecule has 6 rings (SSSR count). The molecule has 2 amide bonds. The molecule has 2 saturated heterocycles. The van der Waals surface area contributed by atoms with Gasteiger partial charge in [0.15, 0.2) is 5.82 Å². The number of piperazine rings is 1. The van der Waals surface area contributed by atoms with Crippen LogP contribution in [0, 0.1) is 0 Å². The van der Waals surface area contributed by atoms with Gasteiger partial charge >= 0.3 is 0 Å². The van der Waals surface area contributed by atoms with Crippen LogP contribution in [-0.4, -0.2) is 83.9 Å². The second-order valence-electron chi connectivity index (χ2n) is 10.9. The monoisotopic (exact) mass is 542 g/mol. The van der Waals surface area contributed by atoms with Gasteiger partial charge < -0.3 is 24.8 Å². The molecule has 0 aliphatic carbocycles. The summed E-state index contributed by atoms with van der Waals surface area (Å²) in [5.74, 6) is 0.426. The molecule has 2 fully saturated rings. The van der Waals surface area contributed by atoms with Crippen LogP contribution in [0.3, 0.4) is 0 Å². The first kappa shape index (κ1) is 26.2. The lowest BCUT2D eigenvalue weighted by Gasteiger charge is -2.34. The Balaban J connectivity index is 1.42. The van der Waals surface area contributed by atoms with Crippen LogP contribution in [0.4, 0.5) is 20.3 Å². The molecule has 0 bridgehead atoms. The van der Waals surface area contributed by atoms with E-state index in [4.69, 9.17) is 9.84 Å². The number of hydrogen-bond donors (Lipinski definition) is 1. The molecular weight excluding hydrogens is 506 g/mol. The Hall–Kier alpha value is -3.05. The van der Waals surface area contributed by atoms with E-state index >= 15 is 0 Å². The molecule has 11 heteroatoms. The van der Waals surface area contributed by atoms with E-state index in [9.17, 15) is 18.4 Å². The van der Waals surface area contributed by atoms with Crippen molar-refractivity contribution in [2.45, 2.75) is 58.0 Å². The van der Waals surface area contributed by atoms with E-state index in [0.717, 1.165) is 41.9 Å². The Labute approximate surface area is 227 Å². The van der Waals surface area contributed by atoms with Crippen molar-refractivity contribution in [3.63, 3.8) is 0 Å². The third-order valence-electron chi connectivity index (χ3n) is 8.54. The second kappa shape index (κ2) is 10.8. The van der Waals surface area contributed by atoms with Gasteiger partial charge in [-0.15, -0.1) is 0 Å². The molecular formula is C28H36F2N6O3. The van der Waals surface area contributed by atoms with E-state index in [0.29, 0.717) is 77.6 Å². The Kier molecular flexibility index (Phi) is 7.28. The topological polar surface area (TPSA) is 82.9 Å². The first-order chi connectivity index (χ1) is 18.9. The number of rotatable bonds is 4. The molecule has 4 aliphatic rings. The zero-order valence-corrected chi connectivity index (χ0v) is 22.4. The molecule has 4 aliphatic heterocycles. The molecule has 39 heavy (non-hydrogen) atoms. The molecule has 0 unspecified atom stereocenters. The fraction of sp³-hybridized carbons (Fsp3) is 0.607. The number of ether oxygens (including phenoxy) is 1. The van der Waals surface area contributed by atoms with Crippen LogP contribution in [0.25, 0.3) is 0 Å². The average Bonchev–Trinajstić information content (AvgIpc) is 3.35. The number of hydrogen-bond acceptors (Lipinski definition) is 6. The number of carbonyl (C=O) groups excluding carboxylic acids is 2. The van der Waals surface area contributed by atoms with E-state index in [1.54, 1.807) is 17.9 Å². The van der Waals surface area contributed by atoms with E-state index in [-0.39, 0.29) is 29.0 Å². The van der Waals surface area contributed by atoms with E-state index in [1.807, 2.05) is 9.80 Å². The average molecular weight is 543 g/mol. The van der Waals surface area contributed by atoms with Crippen LogP contribution >= 0.6 is 0 Å². The highest BCUT2D eigenvalue weighted by molar-refractivity contribution is 5.97. The van der Waals surface area contributed by atoms with Crippen molar-refractivity contribution in [1.29, 1.82) is 0 Å². The van der Waals surface area contributed by atoms with Gasteiger partial charge in [-0.25, -0.2) is 8.78 Å². The third kappa shape index (κ3) is 4.91. The highest BCUT2D eigenvalue weighted by Gasteiger charge is 2.35. The molecule has 9 nitrogen and oxygen atoms in total. The lowest BCUT2D eigenvalue weighted by molar-refractivity contribution is -0.129. The third-order valence-corrected chi connectivity index (χ3v) is 8.54. The van der Waals surface area contributed by atoms with Crippen molar-refractivity contribution in [3.05, 3.63) is 40.1 Å². The fourth-order valence-corrected chi connectivity index (χ4v) is 6.42. The van der Waals surface area contributed by atoms with E-state index in [2.05, 4.69) is 10.00 Å². The molecule has 1 aromatic carbocycles. The number of carbonyl (C=O) groups is 2. The SMILES string of the molecule is CC(=O)N1CCc2c(c(N3CCCc4cc(C(=O)N5CCNCC5)c(C(F)F)cc43)nn2C2CCOCC2)C1. The molecule has 0 radical (unpaired) electrons. The van der Waals surface area contributed by atoms with Crippen molar-refractivity contribution in [2.24, 2.45) is 0 Å². The maximum atomic E-state index is 14.4. The summed E-state index contributed by atoms with van der Waals surface area (Å²) in [5.41, 5.74) is 3.57. The van der Waals surface area contributed by atoms with Gasteiger partial charge in [-0.05, 0) is 43.4 Å². The molecule has 0 atom stereocenters. The summed E-state index contributed by atoms with van der Waals surface area (Å²) >= 11 is 0. The second-order valence-corrected chi connectivity index (χ2v) is 10.9. The van der Waals surface area contributed by atoms with Crippen LogP contribution in [0.5, 0.6) is 0 Å². The summed E-state index contributed by atoms with van der Waals surface area (Å²) in [6, 6.07) is 3.42. The number of amides is 2. The highest BCUT2D eigenvalue weighted by atomic mass is 19.3. The first-order valence-corrected chi connectivity index (χ1v) is 14.1. The molecule has 5 heterocycles. The summed E-state index contributed by atoms with van der Waals surface area (Å²) in [6.45, 7) is 7.01. The number of alkyl halides is 2. The molecule has 0 spiro atoms. The van der Waals surface area contributed by atoms with Gasteiger partial charge in [0, 0.05) is 93.9 Å². The van der Waals surface area contributed by atoms with Crippen molar-refractivity contribution in [1.82, 2.24) is 24.9 Å². The number of nitrogens with zero attached hydrogens (tertiary/aromatic N) is 5. The van der Waals surface area contributed by atoms with Gasteiger partial charge in [-0.3, -0.25) is 14.3 Å². The van der Waals surface area contributed by atoms with Crippen LogP contribution in [-0.2, 0) is 28.9 Å². The lowest BCUT2D eigenvalue weighted by atomic mass is 9.94. The maximum Gasteiger partial charge on any atom is 0.264 e. The molecule has 1 N–H and O–H groups in total. The van der Waals surface area contributed by atoms with Crippen LogP contribution in [0.1, 0.15) is 71.4 Å². The Morgan fingerprint density at radius 2 is 1.82 bits per heavy atom. The largest absolute Gasteiger partial charge is 0.381 e. The molecule has 0 saturated carbocycles. The number of benzene rings is 1. The number of fused-ring (bicyclic) bond motifs is 2. The zero-order valence-electron chi connectivity index (χ0n) is 22.4. The van der Waals surface area contributed by atoms with Gasteiger partial charge in [-0.1, -0.05) is 0 Å². The van der Waals surface area contributed by atoms with Crippen LogP contribution in [0.15, 0.2) is 12.1 Å². The number of aromatic nitrogens is 2. The summed E-state index contributed by atoms with van der Waals surface area (Å²) in [4.78, 5) is 31.1.